The molecule has 0 bridgehead atoms. The number of nitriles is 1. The average molecular weight is 413 g/mol. The summed E-state index contributed by atoms with van der Waals surface area (Å²) in [5.41, 5.74) is 1.56. The minimum Gasteiger partial charge on any atom is -0.298 e. The Morgan fingerprint density at radius 2 is 1.52 bits per heavy atom. The number of carbonyl (C=O) groups is 2. The number of fused-ring (bicyclic) bond motifs is 1. The van der Waals surface area contributed by atoms with Crippen LogP contribution in [0.25, 0.3) is 0 Å². The van der Waals surface area contributed by atoms with Gasteiger partial charge in [0.1, 0.15) is 28.6 Å². The summed E-state index contributed by atoms with van der Waals surface area (Å²) in [7, 11) is 0. The number of aliphatic imine (C=N–C) groups is 1. The molecule has 0 aromatic carbocycles. The molecule has 2 aliphatic rings. The van der Waals surface area contributed by atoms with Crippen LogP contribution in [0.5, 0.6) is 0 Å². The smallest absolute Gasteiger partial charge is 0.149 e. The van der Waals surface area contributed by atoms with E-state index in [0.717, 1.165) is 31.2 Å². The highest BCUT2D eigenvalue weighted by atomic mass is 32.1. The van der Waals surface area contributed by atoms with Gasteiger partial charge in [0.05, 0.1) is 5.56 Å². The van der Waals surface area contributed by atoms with Crippen LogP contribution in [0.1, 0.15) is 94.1 Å². The molecule has 0 saturated heterocycles. The van der Waals surface area contributed by atoms with Gasteiger partial charge in [0, 0.05) is 23.9 Å². The fourth-order valence-electron chi connectivity index (χ4n) is 4.53. The lowest BCUT2D eigenvalue weighted by molar-refractivity contribution is -0.136. The number of nitrogens with zero attached hydrogens (tertiary/aromatic N) is 2. The van der Waals surface area contributed by atoms with Crippen molar-refractivity contribution in [3.63, 3.8) is 0 Å². The van der Waals surface area contributed by atoms with E-state index in [1.165, 1.54) is 49.6 Å². The largest absolute Gasteiger partial charge is 0.298 e. The van der Waals surface area contributed by atoms with E-state index in [2.05, 4.69) is 11.1 Å². The maximum absolute atomic E-state index is 12.4. The van der Waals surface area contributed by atoms with Gasteiger partial charge in [0.25, 0.3) is 0 Å². The Balaban J connectivity index is 1.83. The molecular weight excluding hydrogens is 380 g/mol. The van der Waals surface area contributed by atoms with Gasteiger partial charge in [-0.2, -0.15) is 5.26 Å². The van der Waals surface area contributed by atoms with Gasteiger partial charge in [-0.25, -0.2) is 4.99 Å². The fourth-order valence-corrected chi connectivity index (χ4v) is 5.72. The highest BCUT2D eigenvalue weighted by molar-refractivity contribution is 7.16. The zero-order valence-electron chi connectivity index (χ0n) is 17.8. The molecule has 0 aliphatic heterocycles. The SMILES string of the molecule is CC1(C)CC(=O)C(C=Nc2sc3c(c2C#N)CCCCCCCCCC3)C(=O)C1. The predicted molar refractivity (Wildman–Crippen MR) is 118 cm³/mol. The monoisotopic (exact) mass is 412 g/mol. The Labute approximate surface area is 178 Å². The van der Waals surface area contributed by atoms with Gasteiger partial charge >= 0.3 is 0 Å². The summed E-state index contributed by atoms with van der Waals surface area (Å²) in [4.78, 5) is 30.7. The molecule has 3 rings (SSSR count). The molecule has 5 heteroatoms. The van der Waals surface area contributed by atoms with Crippen LogP contribution < -0.4 is 0 Å². The first-order valence-corrected chi connectivity index (χ1v) is 11.9. The van der Waals surface area contributed by atoms with Gasteiger partial charge in [0.15, 0.2) is 0 Å². The molecule has 1 fully saturated rings. The van der Waals surface area contributed by atoms with Crippen LogP contribution >= 0.6 is 11.3 Å². The number of carbonyl (C=O) groups excluding carboxylic acids is 2. The number of hydrogen-bond acceptors (Lipinski definition) is 5. The van der Waals surface area contributed by atoms with E-state index < -0.39 is 5.92 Å². The first-order valence-electron chi connectivity index (χ1n) is 11.1. The van der Waals surface area contributed by atoms with E-state index in [4.69, 9.17) is 0 Å². The second-order valence-corrected chi connectivity index (χ2v) is 10.4. The highest BCUT2D eigenvalue weighted by Crippen LogP contribution is 2.38. The summed E-state index contributed by atoms with van der Waals surface area (Å²) in [5.74, 6) is -0.856. The third-order valence-electron chi connectivity index (χ3n) is 6.10. The van der Waals surface area contributed by atoms with Crippen molar-refractivity contribution in [1.29, 1.82) is 5.26 Å². The van der Waals surface area contributed by atoms with Gasteiger partial charge < -0.3 is 0 Å². The van der Waals surface area contributed by atoms with Crippen LogP contribution in [0, 0.1) is 22.7 Å². The maximum atomic E-state index is 12.4. The minimum absolute atomic E-state index is 0.0519. The second kappa shape index (κ2) is 9.80. The first-order chi connectivity index (χ1) is 13.9. The van der Waals surface area contributed by atoms with Gasteiger partial charge in [-0.15, -0.1) is 11.3 Å². The normalized spacial score (nSPS) is 22.0. The summed E-state index contributed by atoms with van der Waals surface area (Å²) in [6.07, 6.45) is 14.2. The van der Waals surface area contributed by atoms with Gasteiger partial charge in [0.2, 0.25) is 0 Å². The van der Waals surface area contributed by atoms with Crippen molar-refractivity contribution in [3.05, 3.63) is 16.0 Å². The number of hydrogen-bond donors (Lipinski definition) is 0. The standard InChI is InChI=1S/C24H32N2O2S/c1-24(2)13-20(27)19(21(28)14-24)16-26-23-18(15-25)17-11-9-7-5-3-4-6-8-10-12-22(17)29-23/h16,19H,3-14H2,1-2H3. The van der Waals surface area contributed by atoms with Crippen LogP contribution in [-0.2, 0) is 22.4 Å². The molecular formula is C24H32N2O2S. The summed E-state index contributed by atoms with van der Waals surface area (Å²) in [6, 6.07) is 2.37. The molecule has 0 amide bonds. The molecule has 1 aromatic heterocycles. The van der Waals surface area contributed by atoms with Gasteiger partial charge in [-0.05, 0) is 36.7 Å². The molecule has 156 valence electrons. The molecule has 0 atom stereocenters. The molecule has 1 saturated carbocycles. The molecule has 1 heterocycles. The van der Waals surface area contributed by atoms with Crippen molar-refractivity contribution in [2.45, 2.75) is 90.9 Å². The summed E-state index contributed by atoms with van der Waals surface area (Å²) in [5, 5.41) is 10.5. The van der Waals surface area contributed by atoms with Crippen LogP contribution in [0.2, 0.25) is 0 Å². The lowest BCUT2D eigenvalue weighted by atomic mass is 9.72. The van der Waals surface area contributed by atoms with Crippen LogP contribution in [0.15, 0.2) is 4.99 Å². The summed E-state index contributed by atoms with van der Waals surface area (Å²) in [6.45, 7) is 3.91. The van der Waals surface area contributed by atoms with Crippen molar-refractivity contribution in [2.75, 3.05) is 0 Å². The fraction of sp³-hybridized carbons (Fsp3) is 0.667. The van der Waals surface area contributed by atoms with Crippen molar-refractivity contribution in [1.82, 2.24) is 0 Å². The van der Waals surface area contributed by atoms with Crippen LogP contribution in [0.3, 0.4) is 0 Å². The molecule has 0 N–H and O–H groups in total. The Morgan fingerprint density at radius 1 is 0.966 bits per heavy atom. The zero-order valence-corrected chi connectivity index (χ0v) is 18.6. The molecule has 0 unspecified atom stereocenters. The summed E-state index contributed by atoms with van der Waals surface area (Å²) >= 11 is 1.59. The van der Waals surface area contributed by atoms with Crippen molar-refractivity contribution >= 4 is 34.1 Å². The lowest BCUT2D eigenvalue weighted by Crippen LogP contribution is -2.38. The maximum Gasteiger partial charge on any atom is 0.149 e. The number of ketones is 2. The molecule has 4 nitrogen and oxygen atoms in total. The van der Waals surface area contributed by atoms with E-state index in [-0.39, 0.29) is 17.0 Å². The highest BCUT2D eigenvalue weighted by Gasteiger charge is 2.38. The Morgan fingerprint density at radius 3 is 2.10 bits per heavy atom. The molecule has 29 heavy (non-hydrogen) atoms. The van der Waals surface area contributed by atoms with E-state index >= 15 is 0 Å². The topological polar surface area (TPSA) is 70.3 Å². The summed E-state index contributed by atoms with van der Waals surface area (Å²) < 4.78 is 0. The molecule has 2 aliphatic carbocycles. The van der Waals surface area contributed by atoms with Crippen molar-refractivity contribution in [3.8, 4) is 6.07 Å². The Kier molecular flexibility index (Phi) is 7.40. The predicted octanol–water partition coefficient (Wildman–Crippen LogP) is 6.12. The van der Waals surface area contributed by atoms with E-state index in [9.17, 15) is 14.9 Å². The zero-order chi connectivity index (χ0) is 20.9. The minimum atomic E-state index is -0.752. The quantitative estimate of drug-likeness (QED) is 0.434. The molecule has 0 spiro atoms. The van der Waals surface area contributed by atoms with E-state index in [0.29, 0.717) is 23.4 Å². The lowest BCUT2D eigenvalue weighted by Gasteiger charge is -2.30. The third kappa shape index (κ3) is 5.63. The third-order valence-corrected chi connectivity index (χ3v) is 7.30. The van der Waals surface area contributed by atoms with Crippen LogP contribution in [-0.4, -0.2) is 17.8 Å². The Hall–Kier alpha value is -1.80. The average Bonchev–Trinajstić information content (AvgIpc) is 2.96. The van der Waals surface area contributed by atoms with Crippen molar-refractivity contribution in [2.24, 2.45) is 16.3 Å². The van der Waals surface area contributed by atoms with Gasteiger partial charge in [-0.1, -0.05) is 52.4 Å². The number of aryl methyl sites for hydroxylation is 1. The number of rotatable bonds is 2. The van der Waals surface area contributed by atoms with E-state index in [1.807, 2.05) is 13.8 Å². The van der Waals surface area contributed by atoms with Crippen molar-refractivity contribution < 1.29 is 9.59 Å². The molecule has 0 radical (unpaired) electrons. The van der Waals surface area contributed by atoms with Gasteiger partial charge in [-0.3, -0.25) is 9.59 Å². The van der Waals surface area contributed by atoms with E-state index in [1.54, 1.807) is 11.3 Å². The Bertz CT molecular complexity index is 809. The first kappa shape index (κ1) is 21.9. The second-order valence-electron chi connectivity index (χ2n) is 9.33. The number of Topliss-reactive ketones (excluding diaryl/α,β-unsaturated/α-hetero) is 2. The molecule has 1 aromatic rings. The van der Waals surface area contributed by atoms with Crippen LogP contribution in [0.4, 0.5) is 5.00 Å². The number of thiophene rings is 1.